The Morgan fingerprint density at radius 1 is 0.966 bits per heavy atom. The van der Waals surface area contributed by atoms with Crippen LogP contribution >= 0.6 is 11.3 Å². The van der Waals surface area contributed by atoms with Crippen LogP contribution in [-0.2, 0) is 12.8 Å². The van der Waals surface area contributed by atoms with Gasteiger partial charge in [-0.15, -0.1) is 11.3 Å². The minimum atomic E-state index is 0.623. The molecule has 5 nitrogen and oxygen atoms in total. The van der Waals surface area contributed by atoms with Gasteiger partial charge in [-0.1, -0.05) is 6.92 Å². The van der Waals surface area contributed by atoms with E-state index in [9.17, 15) is 0 Å². The van der Waals surface area contributed by atoms with Gasteiger partial charge in [0.2, 0.25) is 0 Å². The van der Waals surface area contributed by atoms with Gasteiger partial charge in [-0.05, 0) is 57.1 Å². The molecule has 0 N–H and O–H groups in total. The topological polar surface area (TPSA) is 35.5 Å². The molecule has 0 radical (unpaired) electrons. The second-order valence-electron chi connectivity index (χ2n) is 9.43. The van der Waals surface area contributed by atoms with Crippen molar-refractivity contribution in [2.45, 2.75) is 63.8 Å². The number of likely N-dealkylation sites (N-methyl/N-ethyl adjacent to an activating group) is 1. The molecule has 1 atom stereocenters. The highest BCUT2D eigenvalue weighted by Crippen LogP contribution is 2.44. The second-order valence-corrected chi connectivity index (χ2v) is 10.5. The number of hydrogen-bond donors (Lipinski definition) is 0. The van der Waals surface area contributed by atoms with Crippen LogP contribution in [-0.4, -0.2) is 71.6 Å². The van der Waals surface area contributed by atoms with E-state index in [4.69, 9.17) is 9.97 Å². The highest BCUT2D eigenvalue weighted by molar-refractivity contribution is 7.19. The van der Waals surface area contributed by atoms with E-state index in [1.54, 1.807) is 10.4 Å². The lowest BCUT2D eigenvalue weighted by atomic mass is 9.97. The summed E-state index contributed by atoms with van der Waals surface area (Å²) in [7, 11) is 0. The predicted octanol–water partition coefficient (Wildman–Crippen LogP) is 3.66. The van der Waals surface area contributed by atoms with E-state index in [2.05, 4.69) is 21.6 Å². The lowest BCUT2D eigenvalue weighted by molar-refractivity contribution is 0.107. The van der Waals surface area contributed by atoms with E-state index < -0.39 is 0 Å². The number of rotatable bonds is 4. The first-order valence-electron chi connectivity index (χ1n) is 11.8. The summed E-state index contributed by atoms with van der Waals surface area (Å²) < 4.78 is 0. The van der Waals surface area contributed by atoms with E-state index in [0.29, 0.717) is 12.0 Å². The van der Waals surface area contributed by atoms with Crippen LogP contribution < -0.4 is 4.90 Å². The number of fused-ring (bicyclic) bond motifs is 3. The van der Waals surface area contributed by atoms with Crippen LogP contribution in [0.2, 0.25) is 0 Å². The average Bonchev–Trinajstić information content (AvgIpc) is 3.38. The molecular formula is C23H33N5S. The zero-order valence-corrected chi connectivity index (χ0v) is 18.5. The van der Waals surface area contributed by atoms with Crippen molar-refractivity contribution in [2.24, 2.45) is 0 Å². The molecule has 2 aliphatic heterocycles. The minimum Gasteiger partial charge on any atom is -0.354 e. The molecule has 6 heteroatoms. The Morgan fingerprint density at radius 3 is 2.59 bits per heavy atom. The lowest BCUT2D eigenvalue weighted by Gasteiger charge is -2.37. The molecule has 0 spiro atoms. The van der Waals surface area contributed by atoms with Crippen LogP contribution in [0.4, 0.5) is 5.82 Å². The Labute approximate surface area is 178 Å². The van der Waals surface area contributed by atoms with Gasteiger partial charge in [0.15, 0.2) is 0 Å². The van der Waals surface area contributed by atoms with Gasteiger partial charge in [0, 0.05) is 56.1 Å². The van der Waals surface area contributed by atoms with Gasteiger partial charge in [-0.25, -0.2) is 9.97 Å². The van der Waals surface area contributed by atoms with Crippen molar-refractivity contribution >= 4 is 27.4 Å². The first kappa shape index (κ1) is 18.5. The fourth-order valence-corrected chi connectivity index (χ4v) is 6.85. The summed E-state index contributed by atoms with van der Waals surface area (Å²) in [6.07, 6.45) is 8.98. The molecule has 0 amide bonds. The largest absolute Gasteiger partial charge is 0.354 e. The fourth-order valence-electron chi connectivity index (χ4n) is 5.58. The third-order valence-corrected chi connectivity index (χ3v) is 8.77. The van der Waals surface area contributed by atoms with E-state index in [1.165, 1.54) is 93.7 Å². The molecular weight excluding hydrogens is 378 g/mol. The number of aryl methyl sites for hydroxylation is 2. The molecule has 2 saturated heterocycles. The summed E-state index contributed by atoms with van der Waals surface area (Å²) in [5, 5.41) is 1.42. The Bertz CT molecular complexity index is 896. The van der Waals surface area contributed by atoms with Crippen LogP contribution in [0.1, 0.15) is 61.2 Å². The third-order valence-electron chi connectivity index (χ3n) is 7.59. The fraction of sp³-hybridized carbons (Fsp3) is 0.739. The minimum absolute atomic E-state index is 0.623. The van der Waals surface area contributed by atoms with Crippen molar-refractivity contribution in [1.82, 2.24) is 19.8 Å². The van der Waals surface area contributed by atoms with Crippen molar-refractivity contribution in [3.05, 3.63) is 16.3 Å². The van der Waals surface area contributed by atoms with Crippen LogP contribution in [0.25, 0.3) is 10.2 Å². The molecule has 156 valence electrons. The first-order chi connectivity index (χ1) is 14.3. The molecule has 6 rings (SSSR count). The van der Waals surface area contributed by atoms with Gasteiger partial charge >= 0.3 is 0 Å². The predicted molar refractivity (Wildman–Crippen MR) is 120 cm³/mol. The van der Waals surface area contributed by atoms with Crippen LogP contribution in [0.3, 0.4) is 0 Å². The summed E-state index contributed by atoms with van der Waals surface area (Å²) >= 11 is 1.97. The van der Waals surface area contributed by atoms with Crippen molar-refractivity contribution in [3.63, 3.8) is 0 Å². The summed E-state index contributed by atoms with van der Waals surface area (Å²) in [6, 6.07) is 0.692. The molecule has 1 unspecified atom stereocenters. The van der Waals surface area contributed by atoms with Crippen LogP contribution in [0.15, 0.2) is 0 Å². The summed E-state index contributed by atoms with van der Waals surface area (Å²) in [6.45, 7) is 10.7. The Balaban J connectivity index is 1.30. The molecule has 1 saturated carbocycles. The van der Waals surface area contributed by atoms with E-state index >= 15 is 0 Å². The zero-order valence-electron chi connectivity index (χ0n) is 17.7. The molecule has 0 bridgehead atoms. The maximum atomic E-state index is 5.22. The van der Waals surface area contributed by atoms with Crippen molar-refractivity contribution in [1.29, 1.82) is 0 Å². The number of piperazine rings is 1. The van der Waals surface area contributed by atoms with Gasteiger partial charge in [0.25, 0.3) is 0 Å². The molecule has 4 aliphatic rings. The smallest absolute Gasteiger partial charge is 0.141 e. The monoisotopic (exact) mass is 411 g/mol. The Kier molecular flexibility index (Phi) is 4.77. The lowest BCUT2D eigenvalue weighted by Crippen LogP contribution is -2.50. The molecule has 3 fully saturated rings. The number of thiophene rings is 1. The zero-order chi connectivity index (χ0) is 19.4. The maximum Gasteiger partial charge on any atom is 0.141 e. The van der Waals surface area contributed by atoms with Gasteiger partial charge in [0.05, 0.1) is 5.39 Å². The Morgan fingerprint density at radius 2 is 1.79 bits per heavy atom. The molecule has 0 aromatic carbocycles. The van der Waals surface area contributed by atoms with E-state index in [-0.39, 0.29) is 0 Å². The van der Waals surface area contributed by atoms with Crippen LogP contribution in [0.5, 0.6) is 0 Å². The summed E-state index contributed by atoms with van der Waals surface area (Å²) in [5.74, 6) is 3.04. The first-order valence-corrected chi connectivity index (χ1v) is 12.7. The molecule has 2 aliphatic carbocycles. The van der Waals surface area contributed by atoms with Gasteiger partial charge in [0.1, 0.15) is 16.5 Å². The SMILES string of the molecule is CCN1CCN(C2CCN(c3nc(C4CC4)nc4sc5c(c34)CCCC5)C2)CC1. The van der Waals surface area contributed by atoms with E-state index in [0.717, 1.165) is 18.9 Å². The third kappa shape index (κ3) is 3.37. The number of anilines is 1. The summed E-state index contributed by atoms with van der Waals surface area (Å²) in [5.41, 5.74) is 1.59. The van der Waals surface area contributed by atoms with Gasteiger partial charge in [-0.2, -0.15) is 0 Å². The van der Waals surface area contributed by atoms with Crippen molar-refractivity contribution in [3.8, 4) is 0 Å². The standard InChI is InChI=1S/C23H33N5S/c1-2-26-11-13-27(14-12-26)17-9-10-28(15-17)22-20-18-5-3-4-6-19(18)29-23(20)25-21(24-22)16-7-8-16/h16-17H,2-15H2,1H3. The average molecular weight is 412 g/mol. The second kappa shape index (κ2) is 7.47. The Hall–Kier alpha value is -1.24. The highest BCUT2D eigenvalue weighted by Gasteiger charge is 2.34. The molecule has 2 aromatic heterocycles. The normalized spacial score (nSPS) is 26.4. The van der Waals surface area contributed by atoms with Crippen LogP contribution in [0, 0.1) is 0 Å². The highest BCUT2D eigenvalue weighted by atomic mass is 32.1. The molecule has 2 aromatic rings. The van der Waals surface area contributed by atoms with Gasteiger partial charge in [-0.3, -0.25) is 4.90 Å². The van der Waals surface area contributed by atoms with Crippen molar-refractivity contribution in [2.75, 3.05) is 50.7 Å². The number of hydrogen-bond acceptors (Lipinski definition) is 6. The quantitative estimate of drug-likeness (QED) is 0.767. The maximum absolute atomic E-state index is 5.22. The van der Waals surface area contributed by atoms with Crippen molar-refractivity contribution < 1.29 is 0 Å². The number of aromatic nitrogens is 2. The molecule has 4 heterocycles. The van der Waals surface area contributed by atoms with Gasteiger partial charge < -0.3 is 9.80 Å². The summed E-state index contributed by atoms with van der Waals surface area (Å²) in [4.78, 5) is 21.1. The van der Waals surface area contributed by atoms with E-state index in [1.807, 2.05) is 11.3 Å². The molecule has 29 heavy (non-hydrogen) atoms. The number of nitrogens with zero attached hydrogens (tertiary/aromatic N) is 5.